The van der Waals surface area contributed by atoms with Crippen LogP contribution in [0.3, 0.4) is 0 Å². The number of methoxy groups -OCH3 is 1. The molecule has 3 atom stereocenters. The summed E-state index contributed by atoms with van der Waals surface area (Å²) in [5.74, 6) is 0.367. The van der Waals surface area contributed by atoms with Gasteiger partial charge in [-0.15, -0.1) is 0 Å². The zero-order chi connectivity index (χ0) is 19.6. The maximum absolute atomic E-state index is 12.8. The molecule has 2 fully saturated rings. The largest absolute Gasteiger partial charge is 0.493 e. The van der Waals surface area contributed by atoms with Crippen molar-refractivity contribution < 1.29 is 18.7 Å². The molecule has 1 heterocycles. The van der Waals surface area contributed by atoms with Crippen molar-refractivity contribution in [3.63, 3.8) is 0 Å². The van der Waals surface area contributed by atoms with Gasteiger partial charge in [-0.2, -0.15) is 0 Å². The van der Waals surface area contributed by atoms with Gasteiger partial charge in [-0.25, -0.2) is 9.59 Å². The molecule has 0 saturated heterocycles. The van der Waals surface area contributed by atoms with Crippen molar-refractivity contribution in [3.8, 4) is 5.75 Å². The first-order valence-electron chi connectivity index (χ1n) is 9.20. The monoisotopic (exact) mass is 434 g/mol. The summed E-state index contributed by atoms with van der Waals surface area (Å²) in [5.41, 5.74) is -0.399. The maximum atomic E-state index is 12.8. The summed E-state index contributed by atoms with van der Waals surface area (Å²) >= 11 is 3.40. The van der Waals surface area contributed by atoms with Crippen LogP contribution >= 0.6 is 15.9 Å². The number of benzene rings is 1. The van der Waals surface area contributed by atoms with Crippen LogP contribution in [0.2, 0.25) is 0 Å². The number of hydrogen-bond acceptors (Lipinski definition) is 5. The fourth-order valence-electron chi connectivity index (χ4n) is 4.96. The van der Waals surface area contributed by atoms with Gasteiger partial charge in [-0.05, 0) is 48.8 Å². The number of hydrogen-bond donors (Lipinski definition) is 0. The Balaban J connectivity index is 1.68. The van der Waals surface area contributed by atoms with Gasteiger partial charge < -0.3 is 13.9 Å². The van der Waals surface area contributed by atoms with Crippen molar-refractivity contribution in [2.75, 3.05) is 7.11 Å². The Kier molecular flexibility index (Phi) is 4.18. The van der Waals surface area contributed by atoms with Crippen molar-refractivity contribution in [3.05, 3.63) is 38.7 Å². The van der Waals surface area contributed by atoms with E-state index in [2.05, 4.69) is 36.7 Å². The summed E-state index contributed by atoms with van der Waals surface area (Å²) < 4.78 is 17.3. The van der Waals surface area contributed by atoms with Crippen LogP contribution in [0.1, 0.15) is 50.4 Å². The number of esters is 1. The molecule has 2 aromatic rings. The summed E-state index contributed by atoms with van der Waals surface area (Å²) in [6.45, 7) is 6.71. The van der Waals surface area contributed by atoms with Crippen molar-refractivity contribution in [1.29, 1.82) is 0 Å². The second-order valence-corrected chi connectivity index (χ2v) is 9.39. The molecule has 0 N–H and O–H groups in total. The molecule has 1 aromatic heterocycles. The van der Waals surface area contributed by atoms with Gasteiger partial charge >= 0.3 is 11.6 Å². The molecule has 2 bridgehead atoms. The first-order chi connectivity index (χ1) is 12.7. The minimum absolute atomic E-state index is 0.0589. The molecule has 0 spiro atoms. The third-order valence-electron chi connectivity index (χ3n) is 7.17. The van der Waals surface area contributed by atoms with E-state index in [-0.39, 0.29) is 22.5 Å². The molecule has 2 aliphatic carbocycles. The fraction of sp³-hybridized carbons (Fsp3) is 0.524. The Morgan fingerprint density at radius 1 is 1.26 bits per heavy atom. The molecule has 6 heteroatoms. The second kappa shape index (κ2) is 6.09. The maximum Gasteiger partial charge on any atom is 0.351 e. The highest BCUT2D eigenvalue weighted by Crippen LogP contribution is 2.66. The Morgan fingerprint density at radius 2 is 2.00 bits per heavy atom. The summed E-state index contributed by atoms with van der Waals surface area (Å²) in [6.07, 6.45) is 2.89. The third kappa shape index (κ3) is 2.64. The highest BCUT2D eigenvalue weighted by Gasteiger charge is 2.62. The third-order valence-corrected chi connectivity index (χ3v) is 7.62. The lowest BCUT2D eigenvalue weighted by atomic mass is 9.70. The minimum atomic E-state index is -0.708. The molecule has 2 aliphatic rings. The number of fused-ring (bicyclic) bond motifs is 3. The van der Waals surface area contributed by atoms with E-state index in [1.54, 1.807) is 12.1 Å². The van der Waals surface area contributed by atoms with Crippen molar-refractivity contribution in [1.82, 2.24) is 0 Å². The first kappa shape index (κ1) is 18.5. The van der Waals surface area contributed by atoms with E-state index < -0.39 is 11.6 Å². The van der Waals surface area contributed by atoms with E-state index in [1.165, 1.54) is 19.6 Å². The minimum Gasteiger partial charge on any atom is -0.493 e. The summed E-state index contributed by atoms with van der Waals surface area (Å²) in [6, 6.07) is 5.01. The SMILES string of the molecule is COc1cc(Br)cc2cc(C(=O)O[C@@H]3C[C@H]4CC[C@]3(C)C4(C)C)c(=O)oc12. The highest BCUT2D eigenvalue weighted by molar-refractivity contribution is 9.10. The van der Waals surface area contributed by atoms with Gasteiger partial charge in [-0.3, -0.25) is 0 Å². The van der Waals surface area contributed by atoms with Crippen molar-refractivity contribution >= 4 is 32.9 Å². The van der Waals surface area contributed by atoms with Crippen LogP contribution < -0.4 is 10.4 Å². The molecule has 27 heavy (non-hydrogen) atoms. The molecule has 4 rings (SSSR count). The Morgan fingerprint density at radius 3 is 2.59 bits per heavy atom. The Labute approximate surface area is 166 Å². The van der Waals surface area contributed by atoms with Gasteiger partial charge in [0.15, 0.2) is 11.3 Å². The predicted molar refractivity (Wildman–Crippen MR) is 105 cm³/mol. The van der Waals surface area contributed by atoms with Crippen LogP contribution in [0.25, 0.3) is 11.0 Å². The average Bonchev–Trinajstić information content (AvgIpc) is 2.94. The number of carbonyl (C=O) groups is 1. The van der Waals surface area contributed by atoms with E-state index in [1.807, 2.05) is 0 Å². The zero-order valence-corrected chi connectivity index (χ0v) is 17.5. The number of carbonyl (C=O) groups excluding carboxylic acids is 1. The molecular formula is C21H23BrO5. The lowest BCUT2D eigenvalue weighted by molar-refractivity contribution is -0.0245. The fourth-order valence-corrected chi connectivity index (χ4v) is 5.42. The molecule has 5 nitrogen and oxygen atoms in total. The number of rotatable bonds is 3. The molecule has 0 unspecified atom stereocenters. The molecule has 0 radical (unpaired) electrons. The normalized spacial score (nSPS) is 28.5. The predicted octanol–water partition coefficient (Wildman–Crippen LogP) is 4.94. The van der Waals surface area contributed by atoms with Crippen molar-refractivity contribution in [2.24, 2.45) is 16.7 Å². The van der Waals surface area contributed by atoms with E-state index >= 15 is 0 Å². The molecule has 0 aliphatic heterocycles. The van der Waals surface area contributed by atoms with Crippen LogP contribution in [-0.4, -0.2) is 19.2 Å². The highest BCUT2D eigenvalue weighted by atomic mass is 79.9. The number of ether oxygens (including phenoxy) is 2. The molecule has 2 saturated carbocycles. The van der Waals surface area contributed by atoms with Gasteiger partial charge in [-0.1, -0.05) is 36.7 Å². The number of halogens is 1. The van der Waals surface area contributed by atoms with Crippen LogP contribution in [0.5, 0.6) is 5.75 Å². The second-order valence-electron chi connectivity index (χ2n) is 8.48. The van der Waals surface area contributed by atoms with E-state index in [9.17, 15) is 9.59 Å². The van der Waals surface area contributed by atoms with E-state index in [4.69, 9.17) is 13.9 Å². The standard InChI is InChI=1S/C21H23BrO5/c1-20(2)12-5-6-21(20,3)16(9-12)26-18(23)14-8-11-7-13(22)10-15(25-4)17(11)27-19(14)24/h7-8,10,12,16H,5-6,9H2,1-4H3/t12-,16-,21+/m1/s1. The van der Waals surface area contributed by atoms with Crippen LogP contribution in [0.4, 0.5) is 0 Å². The van der Waals surface area contributed by atoms with Gasteiger partial charge in [0.1, 0.15) is 11.7 Å². The molecular weight excluding hydrogens is 412 g/mol. The Hall–Kier alpha value is -1.82. The van der Waals surface area contributed by atoms with Crippen molar-refractivity contribution in [2.45, 2.75) is 46.1 Å². The summed E-state index contributed by atoms with van der Waals surface area (Å²) in [4.78, 5) is 25.2. The Bertz CT molecular complexity index is 992. The van der Waals surface area contributed by atoms with Gasteiger partial charge in [0.05, 0.1) is 7.11 Å². The van der Waals surface area contributed by atoms with Crippen LogP contribution in [0.15, 0.2) is 31.9 Å². The topological polar surface area (TPSA) is 65.7 Å². The average molecular weight is 435 g/mol. The quantitative estimate of drug-likeness (QED) is 0.505. The van der Waals surface area contributed by atoms with Crippen LogP contribution in [-0.2, 0) is 4.74 Å². The molecule has 1 aromatic carbocycles. The van der Waals surface area contributed by atoms with Gasteiger partial charge in [0, 0.05) is 15.3 Å². The lowest BCUT2D eigenvalue weighted by Crippen LogP contribution is -2.38. The summed E-state index contributed by atoms with van der Waals surface area (Å²) in [7, 11) is 1.50. The van der Waals surface area contributed by atoms with E-state index in [0.717, 1.165) is 17.3 Å². The van der Waals surface area contributed by atoms with Crippen LogP contribution in [0, 0.1) is 16.7 Å². The zero-order valence-electron chi connectivity index (χ0n) is 15.9. The van der Waals surface area contributed by atoms with Gasteiger partial charge in [0.2, 0.25) is 0 Å². The smallest absolute Gasteiger partial charge is 0.351 e. The molecule has 0 amide bonds. The summed E-state index contributed by atoms with van der Waals surface area (Å²) in [5, 5.41) is 0.604. The first-order valence-corrected chi connectivity index (χ1v) is 9.99. The van der Waals surface area contributed by atoms with Gasteiger partial charge in [0.25, 0.3) is 0 Å². The van der Waals surface area contributed by atoms with E-state index in [0.29, 0.717) is 22.6 Å². The molecule has 144 valence electrons. The lowest BCUT2D eigenvalue weighted by Gasteiger charge is -2.38.